The summed E-state index contributed by atoms with van der Waals surface area (Å²) in [7, 11) is 3.72. The number of carbonyl (C=O) groups excluding carboxylic acids is 1. The molecule has 1 aliphatic rings. The van der Waals surface area contributed by atoms with Crippen LogP contribution in [0, 0.1) is 0 Å². The average Bonchev–Trinajstić information content (AvgIpc) is 3.14. The molecule has 5 nitrogen and oxygen atoms in total. The smallest absolute Gasteiger partial charge is 0.274 e. The standard InChI is InChI=1S/C17H21BrN4O/c1-19-9-10-21(2)17(23)16-14-7-4-8-15(14)22(20-16)13-6-3-5-12(18)11-13/h3,5-6,11,19H,4,7-10H2,1-2H3. The van der Waals surface area contributed by atoms with Gasteiger partial charge in [0.1, 0.15) is 0 Å². The Morgan fingerprint density at radius 1 is 1.43 bits per heavy atom. The molecule has 3 rings (SSSR count). The van der Waals surface area contributed by atoms with Crippen molar-refractivity contribution in [3.8, 4) is 5.69 Å². The van der Waals surface area contributed by atoms with E-state index in [-0.39, 0.29) is 5.91 Å². The van der Waals surface area contributed by atoms with Crippen molar-refractivity contribution < 1.29 is 4.79 Å². The minimum atomic E-state index is 0.00662. The largest absolute Gasteiger partial charge is 0.339 e. The van der Waals surface area contributed by atoms with Gasteiger partial charge in [0.2, 0.25) is 0 Å². The van der Waals surface area contributed by atoms with E-state index in [1.165, 1.54) is 5.69 Å². The number of hydrogen-bond donors (Lipinski definition) is 1. The third kappa shape index (κ3) is 3.19. The van der Waals surface area contributed by atoms with Gasteiger partial charge in [-0.1, -0.05) is 22.0 Å². The zero-order valence-electron chi connectivity index (χ0n) is 13.5. The number of rotatable bonds is 5. The maximum atomic E-state index is 12.7. The van der Waals surface area contributed by atoms with E-state index < -0.39 is 0 Å². The second-order valence-corrected chi connectivity index (χ2v) is 6.77. The van der Waals surface area contributed by atoms with Crippen LogP contribution < -0.4 is 5.32 Å². The molecule has 122 valence electrons. The lowest BCUT2D eigenvalue weighted by atomic mass is 10.2. The van der Waals surface area contributed by atoms with Gasteiger partial charge in [-0.25, -0.2) is 4.68 Å². The van der Waals surface area contributed by atoms with Crippen LogP contribution in [0.2, 0.25) is 0 Å². The third-order valence-corrected chi connectivity index (χ3v) is 4.72. The first-order chi connectivity index (χ1) is 11.1. The van der Waals surface area contributed by atoms with Crippen LogP contribution in [0.5, 0.6) is 0 Å². The molecular formula is C17H21BrN4O. The molecule has 0 fully saturated rings. The monoisotopic (exact) mass is 376 g/mol. The number of amides is 1. The lowest BCUT2D eigenvalue weighted by molar-refractivity contribution is 0.0789. The van der Waals surface area contributed by atoms with Crippen LogP contribution in [0.1, 0.15) is 28.2 Å². The van der Waals surface area contributed by atoms with Gasteiger partial charge in [0.15, 0.2) is 5.69 Å². The van der Waals surface area contributed by atoms with Gasteiger partial charge in [-0.2, -0.15) is 5.10 Å². The van der Waals surface area contributed by atoms with E-state index in [9.17, 15) is 4.79 Å². The second kappa shape index (κ2) is 6.84. The minimum Gasteiger partial charge on any atom is -0.339 e. The molecule has 0 atom stereocenters. The molecule has 0 bridgehead atoms. The molecule has 0 aliphatic heterocycles. The number of halogens is 1. The highest BCUT2D eigenvalue weighted by Gasteiger charge is 2.28. The Morgan fingerprint density at radius 3 is 3.00 bits per heavy atom. The molecule has 1 heterocycles. The van der Waals surface area contributed by atoms with Crippen molar-refractivity contribution in [3.63, 3.8) is 0 Å². The summed E-state index contributed by atoms with van der Waals surface area (Å²) >= 11 is 3.50. The Kier molecular flexibility index (Phi) is 4.82. The van der Waals surface area contributed by atoms with Crippen molar-refractivity contribution in [1.82, 2.24) is 20.0 Å². The summed E-state index contributed by atoms with van der Waals surface area (Å²) < 4.78 is 2.95. The van der Waals surface area contributed by atoms with E-state index in [2.05, 4.69) is 26.3 Å². The summed E-state index contributed by atoms with van der Waals surface area (Å²) in [4.78, 5) is 14.5. The molecule has 6 heteroatoms. The van der Waals surface area contributed by atoms with Crippen molar-refractivity contribution in [2.24, 2.45) is 0 Å². The summed E-state index contributed by atoms with van der Waals surface area (Å²) in [6.45, 7) is 1.45. The molecule has 0 unspecified atom stereocenters. The highest BCUT2D eigenvalue weighted by atomic mass is 79.9. The molecule has 0 saturated heterocycles. The van der Waals surface area contributed by atoms with E-state index in [0.29, 0.717) is 12.2 Å². The molecule has 2 aromatic rings. The maximum absolute atomic E-state index is 12.7. The zero-order valence-corrected chi connectivity index (χ0v) is 15.1. The first kappa shape index (κ1) is 16.2. The first-order valence-electron chi connectivity index (χ1n) is 7.88. The quantitative estimate of drug-likeness (QED) is 0.871. The Hall–Kier alpha value is -1.66. The van der Waals surface area contributed by atoms with E-state index >= 15 is 0 Å². The summed E-state index contributed by atoms with van der Waals surface area (Å²) in [6, 6.07) is 8.04. The Labute approximate surface area is 144 Å². The van der Waals surface area contributed by atoms with Gasteiger partial charge in [-0.3, -0.25) is 4.79 Å². The number of fused-ring (bicyclic) bond motifs is 1. The van der Waals surface area contributed by atoms with Crippen LogP contribution in [0.4, 0.5) is 0 Å². The third-order valence-electron chi connectivity index (χ3n) is 4.23. The maximum Gasteiger partial charge on any atom is 0.274 e. The lowest BCUT2D eigenvalue weighted by Gasteiger charge is -2.16. The lowest BCUT2D eigenvalue weighted by Crippen LogP contribution is -2.33. The molecule has 1 aromatic carbocycles. The average molecular weight is 377 g/mol. The summed E-state index contributed by atoms with van der Waals surface area (Å²) in [6.07, 6.45) is 2.99. The van der Waals surface area contributed by atoms with E-state index in [1.807, 2.05) is 43.0 Å². The Balaban J connectivity index is 1.97. The minimum absolute atomic E-state index is 0.00662. The SMILES string of the molecule is CNCCN(C)C(=O)c1nn(-c2cccc(Br)c2)c2c1CCC2. The fraction of sp³-hybridized carbons (Fsp3) is 0.412. The molecule has 0 spiro atoms. The van der Waals surface area contributed by atoms with E-state index in [4.69, 9.17) is 0 Å². The number of nitrogens with zero attached hydrogens (tertiary/aromatic N) is 3. The summed E-state index contributed by atoms with van der Waals surface area (Å²) in [5.74, 6) is 0.00662. The van der Waals surface area contributed by atoms with Crippen molar-refractivity contribution in [2.45, 2.75) is 19.3 Å². The zero-order chi connectivity index (χ0) is 16.4. The number of carbonyl (C=O) groups is 1. The van der Waals surface area contributed by atoms with Gasteiger partial charge in [-0.05, 0) is 44.5 Å². The normalized spacial score (nSPS) is 13.2. The fourth-order valence-corrected chi connectivity index (χ4v) is 3.38. The van der Waals surface area contributed by atoms with Crippen molar-refractivity contribution in [1.29, 1.82) is 0 Å². The number of benzene rings is 1. The predicted octanol–water partition coefficient (Wildman–Crippen LogP) is 2.41. The van der Waals surface area contributed by atoms with Crippen molar-refractivity contribution in [3.05, 3.63) is 45.7 Å². The van der Waals surface area contributed by atoms with Crippen LogP contribution >= 0.6 is 15.9 Å². The van der Waals surface area contributed by atoms with Crippen LogP contribution in [0.25, 0.3) is 5.69 Å². The van der Waals surface area contributed by atoms with Gasteiger partial charge < -0.3 is 10.2 Å². The van der Waals surface area contributed by atoms with Gasteiger partial charge in [0.25, 0.3) is 5.91 Å². The molecule has 1 aliphatic carbocycles. The highest BCUT2D eigenvalue weighted by Crippen LogP contribution is 2.29. The number of hydrogen-bond acceptors (Lipinski definition) is 3. The van der Waals surface area contributed by atoms with E-state index in [1.54, 1.807) is 4.90 Å². The summed E-state index contributed by atoms with van der Waals surface area (Å²) in [5.41, 5.74) is 3.89. The highest BCUT2D eigenvalue weighted by molar-refractivity contribution is 9.10. The van der Waals surface area contributed by atoms with Crippen LogP contribution in [-0.2, 0) is 12.8 Å². The van der Waals surface area contributed by atoms with Crippen molar-refractivity contribution >= 4 is 21.8 Å². The molecule has 0 saturated carbocycles. The molecule has 1 aromatic heterocycles. The second-order valence-electron chi connectivity index (χ2n) is 5.85. The predicted molar refractivity (Wildman–Crippen MR) is 94.2 cm³/mol. The van der Waals surface area contributed by atoms with Crippen LogP contribution in [0.15, 0.2) is 28.7 Å². The molecule has 23 heavy (non-hydrogen) atoms. The van der Waals surface area contributed by atoms with Crippen LogP contribution in [-0.4, -0.2) is 47.8 Å². The Bertz CT molecular complexity index is 725. The first-order valence-corrected chi connectivity index (χ1v) is 8.68. The molecule has 1 N–H and O–H groups in total. The fourth-order valence-electron chi connectivity index (χ4n) is 2.99. The van der Waals surface area contributed by atoms with E-state index in [0.717, 1.165) is 41.5 Å². The topological polar surface area (TPSA) is 50.2 Å². The van der Waals surface area contributed by atoms with Gasteiger partial charge in [0.05, 0.1) is 5.69 Å². The number of aromatic nitrogens is 2. The molecular weight excluding hydrogens is 356 g/mol. The Morgan fingerprint density at radius 2 is 2.26 bits per heavy atom. The number of likely N-dealkylation sites (N-methyl/N-ethyl adjacent to an activating group) is 2. The summed E-state index contributed by atoms with van der Waals surface area (Å²) in [5, 5.41) is 7.73. The van der Waals surface area contributed by atoms with Crippen LogP contribution in [0.3, 0.4) is 0 Å². The molecule has 0 radical (unpaired) electrons. The van der Waals surface area contributed by atoms with Crippen molar-refractivity contribution in [2.75, 3.05) is 27.2 Å². The number of nitrogens with one attached hydrogen (secondary N) is 1. The van der Waals surface area contributed by atoms with Gasteiger partial charge in [-0.15, -0.1) is 0 Å². The van der Waals surface area contributed by atoms with Gasteiger partial charge in [0, 0.05) is 35.9 Å². The van der Waals surface area contributed by atoms with Gasteiger partial charge >= 0.3 is 0 Å². The molecule has 1 amide bonds.